The molecule has 1 fully saturated rings. The van der Waals surface area contributed by atoms with Gasteiger partial charge in [-0.25, -0.2) is 0 Å². The Hall–Kier alpha value is -1.56. The molecule has 0 spiro atoms. The number of hydrogen-bond donors (Lipinski definition) is 2. The Balaban J connectivity index is 1.99. The Morgan fingerprint density at radius 2 is 1.96 bits per heavy atom. The molecule has 140 valence electrons. The Morgan fingerprint density at radius 3 is 2.56 bits per heavy atom. The summed E-state index contributed by atoms with van der Waals surface area (Å²) in [5.41, 5.74) is -0.181. The lowest BCUT2D eigenvalue weighted by Crippen LogP contribution is -2.33. The first-order chi connectivity index (χ1) is 11.8. The highest BCUT2D eigenvalue weighted by atomic mass is 19.4. The van der Waals surface area contributed by atoms with Crippen LogP contribution in [0, 0.1) is 11.8 Å². The Labute approximate surface area is 147 Å². The van der Waals surface area contributed by atoms with E-state index in [1.807, 2.05) is 13.8 Å². The molecule has 2 N–H and O–H groups in total. The van der Waals surface area contributed by atoms with Gasteiger partial charge in [0.25, 0.3) is 0 Å². The maximum atomic E-state index is 12.9. The van der Waals surface area contributed by atoms with Crippen LogP contribution < -0.4 is 10.6 Å². The van der Waals surface area contributed by atoms with Gasteiger partial charge in [0.15, 0.2) is 0 Å². The van der Waals surface area contributed by atoms with E-state index in [2.05, 4.69) is 10.6 Å². The number of piperidine rings is 1. The van der Waals surface area contributed by atoms with Gasteiger partial charge in [0.05, 0.1) is 11.6 Å². The molecule has 6 heteroatoms. The summed E-state index contributed by atoms with van der Waals surface area (Å²) in [6.07, 6.45) is -0.965. The molecule has 1 atom stereocenters. The molecule has 1 amide bonds. The van der Waals surface area contributed by atoms with Gasteiger partial charge in [0.2, 0.25) is 5.91 Å². The van der Waals surface area contributed by atoms with Crippen molar-refractivity contribution in [3.8, 4) is 0 Å². The molecule has 25 heavy (non-hydrogen) atoms. The molecule has 1 aromatic carbocycles. The smallest absolute Gasteiger partial charge is 0.349 e. The van der Waals surface area contributed by atoms with E-state index in [1.165, 1.54) is 6.07 Å². The standard InChI is InChI=1S/C19H27F3N2O/c1-13(2)18(15-4-3-5-16(12-15)19(20,21)22)24-17(25)7-6-14-8-10-23-11-9-14/h3-5,12-14,18,23H,6-11H2,1-2H3,(H,24,25). The first-order valence-electron chi connectivity index (χ1n) is 8.94. The zero-order valence-corrected chi connectivity index (χ0v) is 14.8. The molecular formula is C19H27F3N2O. The second-order valence-electron chi connectivity index (χ2n) is 7.14. The van der Waals surface area contributed by atoms with Crippen LogP contribution in [-0.4, -0.2) is 19.0 Å². The maximum absolute atomic E-state index is 12.9. The van der Waals surface area contributed by atoms with Crippen molar-refractivity contribution in [2.75, 3.05) is 13.1 Å². The Kier molecular flexibility index (Phi) is 6.87. The lowest BCUT2D eigenvalue weighted by Gasteiger charge is -2.25. The fraction of sp³-hybridized carbons (Fsp3) is 0.632. The van der Waals surface area contributed by atoms with E-state index in [-0.39, 0.29) is 11.8 Å². The van der Waals surface area contributed by atoms with Crippen molar-refractivity contribution in [1.82, 2.24) is 10.6 Å². The lowest BCUT2D eigenvalue weighted by molar-refractivity contribution is -0.137. The third kappa shape index (κ3) is 6.03. The van der Waals surface area contributed by atoms with Gasteiger partial charge in [0, 0.05) is 6.42 Å². The molecule has 1 aliphatic rings. The third-order valence-corrected chi connectivity index (χ3v) is 4.79. The Bertz CT molecular complexity index is 566. The second-order valence-corrected chi connectivity index (χ2v) is 7.14. The summed E-state index contributed by atoms with van der Waals surface area (Å²) in [6.45, 7) is 5.78. The summed E-state index contributed by atoms with van der Waals surface area (Å²) in [5.74, 6) is 0.471. The number of carbonyl (C=O) groups is 1. The minimum absolute atomic E-state index is 0.00585. The van der Waals surface area contributed by atoms with Crippen molar-refractivity contribution in [1.29, 1.82) is 0 Å². The highest BCUT2D eigenvalue weighted by Crippen LogP contribution is 2.32. The van der Waals surface area contributed by atoms with E-state index in [1.54, 1.807) is 6.07 Å². The van der Waals surface area contributed by atoms with Crippen LogP contribution in [0.25, 0.3) is 0 Å². The molecule has 3 nitrogen and oxygen atoms in total. The highest BCUT2D eigenvalue weighted by molar-refractivity contribution is 5.76. The second kappa shape index (κ2) is 8.70. The fourth-order valence-electron chi connectivity index (χ4n) is 3.29. The van der Waals surface area contributed by atoms with Crippen LogP contribution in [0.15, 0.2) is 24.3 Å². The largest absolute Gasteiger partial charge is 0.416 e. The number of rotatable bonds is 6. The minimum Gasteiger partial charge on any atom is -0.349 e. The molecule has 0 radical (unpaired) electrons. The van der Waals surface area contributed by atoms with Gasteiger partial charge in [-0.2, -0.15) is 13.2 Å². The first-order valence-corrected chi connectivity index (χ1v) is 8.94. The molecule has 0 bridgehead atoms. The van der Waals surface area contributed by atoms with Gasteiger partial charge >= 0.3 is 6.18 Å². The maximum Gasteiger partial charge on any atom is 0.416 e. The van der Waals surface area contributed by atoms with Crippen molar-refractivity contribution >= 4 is 5.91 Å². The zero-order valence-electron chi connectivity index (χ0n) is 14.8. The molecule has 0 aliphatic carbocycles. The van der Waals surface area contributed by atoms with Crippen LogP contribution in [0.3, 0.4) is 0 Å². The van der Waals surface area contributed by atoms with E-state index in [0.717, 1.165) is 44.5 Å². The van der Waals surface area contributed by atoms with Crippen LogP contribution in [0.4, 0.5) is 13.2 Å². The molecule has 0 aromatic heterocycles. The van der Waals surface area contributed by atoms with Crippen LogP contribution in [0.2, 0.25) is 0 Å². The third-order valence-electron chi connectivity index (χ3n) is 4.79. The van der Waals surface area contributed by atoms with Crippen LogP contribution in [-0.2, 0) is 11.0 Å². The minimum atomic E-state index is -4.38. The predicted molar refractivity (Wildman–Crippen MR) is 92.0 cm³/mol. The fourth-order valence-corrected chi connectivity index (χ4v) is 3.29. The predicted octanol–water partition coefficient (Wildman–Crippen LogP) is 4.30. The summed E-state index contributed by atoms with van der Waals surface area (Å²) in [4.78, 5) is 12.3. The number of benzene rings is 1. The van der Waals surface area contributed by atoms with E-state index in [9.17, 15) is 18.0 Å². The Morgan fingerprint density at radius 1 is 1.28 bits per heavy atom. The van der Waals surface area contributed by atoms with E-state index >= 15 is 0 Å². The molecule has 1 saturated heterocycles. The molecule has 1 unspecified atom stereocenters. The van der Waals surface area contributed by atoms with E-state index < -0.39 is 17.8 Å². The topological polar surface area (TPSA) is 41.1 Å². The zero-order chi connectivity index (χ0) is 18.4. The highest BCUT2D eigenvalue weighted by Gasteiger charge is 2.31. The van der Waals surface area contributed by atoms with Gasteiger partial charge in [-0.05, 0) is 61.9 Å². The average Bonchev–Trinajstić information content (AvgIpc) is 2.58. The van der Waals surface area contributed by atoms with Crippen molar-refractivity contribution in [3.05, 3.63) is 35.4 Å². The first kappa shape index (κ1) is 19.8. The number of halogens is 3. The summed E-state index contributed by atoms with van der Waals surface area (Å²) in [7, 11) is 0. The van der Waals surface area contributed by atoms with Crippen molar-refractivity contribution in [3.63, 3.8) is 0 Å². The normalized spacial score (nSPS) is 17.5. The molecule has 1 aromatic rings. The van der Waals surface area contributed by atoms with E-state index in [0.29, 0.717) is 17.9 Å². The van der Waals surface area contributed by atoms with E-state index in [4.69, 9.17) is 0 Å². The van der Waals surface area contributed by atoms with Gasteiger partial charge in [-0.15, -0.1) is 0 Å². The molecule has 1 heterocycles. The molecule has 0 saturated carbocycles. The van der Waals surface area contributed by atoms with Crippen LogP contribution >= 0.6 is 0 Å². The van der Waals surface area contributed by atoms with Gasteiger partial charge in [0.1, 0.15) is 0 Å². The SMILES string of the molecule is CC(C)C(NC(=O)CCC1CCNCC1)c1cccc(C(F)(F)F)c1. The summed E-state index contributed by atoms with van der Waals surface area (Å²) >= 11 is 0. The van der Waals surface area contributed by atoms with Gasteiger partial charge in [-0.3, -0.25) is 4.79 Å². The summed E-state index contributed by atoms with van der Waals surface area (Å²) < 4.78 is 38.8. The van der Waals surface area contributed by atoms with Crippen molar-refractivity contribution < 1.29 is 18.0 Å². The summed E-state index contributed by atoms with van der Waals surface area (Å²) in [6, 6.07) is 4.82. The number of alkyl halides is 3. The number of carbonyl (C=O) groups excluding carboxylic acids is 1. The number of amides is 1. The average molecular weight is 356 g/mol. The number of nitrogens with one attached hydrogen (secondary N) is 2. The van der Waals surface area contributed by atoms with Gasteiger partial charge in [-0.1, -0.05) is 26.0 Å². The van der Waals surface area contributed by atoms with Crippen LogP contribution in [0.1, 0.15) is 56.7 Å². The lowest BCUT2D eigenvalue weighted by atomic mass is 9.92. The molecular weight excluding hydrogens is 329 g/mol. The molecule has 2 rings (SSSR count). The summed E-state index contributed by atoms with van der Waals surface area (Å²) in [5, 5.41) is 6.23. The van der Waals surface area contributed by atoms with Crippen molar-refractivity contribution in [2.24, 2.45) is 11.8 Å². The van der Waals surface area contributed by atoms with Crippen LogP contribution in [0.5, 0.6) is 0 Å². The van der Waals surface area contributed by atoms with Gasteiger partial charge < -0.3 is 10.6 Å². The molecule has 1 aliphatic heterocycles. The monoisotopic (exact) mass is 356 g/mol. The van der Waals surface area contributed by atoms with Crippen molar-refractivity contribution in [2.45, 2.75) is 51.7 Å². The quantitative estimate of drug-likeness (QED) is 0.798. The number of hydrogen-bond acceptors (Lipinski definition) is 2.